The first-order valence-corrected chi connectivity index (χ1v) is 8.46. The smallest absolute Gasteiger partial charge is 0.334 e. The molecule has 0 fully saturated rings. The van der Waals surface area contributed by atoms with E-state index in [4.69, 9.17) is 11.6 Å². The van der Waals surface area contributed by atoms with E-state index in [1.165, 1.54) is 36.7 Å². The molecule has 3 aromatic rings. The van der Waals surface area contributed by atoms with E-state index in [0.29, 0.717) is 5.69 Å². The minimum atomic E-state index is -4.67. The number of carbonyl (C=O) groups is 1. The van der Waals surface area contributed by atoms with Crippen LogP contribution in [-0.4, -0.2) is 21.2 Å². The lowest BCUT2D eigenvalue weighted by atomic mass is 10.0. The molecule has 0 aliphatic carbocycles. The van der Waals surface area contributed by atoms with Gasteiger partial charge in [0.1, 0.15) is 11.5 Å². The van der Waals surface area contributed by atoms with Crippen molar-refractivity contribution in [1.29, 1.82) is 0 Å². The molecule has 2 amide bonds. The molecule has 0 saturated heterocycles. The lowest BCUT2D eigenvalue weighted by molar-refractivity contribution is -0.141. The number of aromatic nitrogens is 3. The summed E-state index contributed by atoms with van der Waals surface area (Å²) in [6.45, 7) is -0.139. The summed E-state index contributed by atoms with van der Waals surface area (Å²) in [6.07, 6.45) is -1.97. The molecular weight excluding hydrogens is 414 g/mol. The molecule has 0 atom stereocenters. The van der Waals surface area contributed by atoms with Gasteiger partial charge in [0, 0.05) is 12.1 Å². The number of nitrogens with one attached hydrogen (secondary N) is 2. The third-order valence-electron chi connectivity index (χ3n) is 3.74. The third-order valence-corrected chi connectivity index (χ3v) is 4.03. The number of pyridine rings is 1. The maximum atomic E-state index is 13.4. The van der Waals surface area contributed by atoms with E-state index in [1.807, 2.05) is 0 Å². The molecule has 11 heteroatoms. The van der Waals surface area contributed by atoms with Crippen molar-refractivity contribution in [2.45, 2.75) is 12.7 Å². The summed E-state index contributed by atoms with van der Waals surface area (Å²) in [6, 6.07) is 6.35. The molecule has 0 radical (unpaired) electrons. The Labute approximate surface area is 166 Å². The average molecular weight is 426 g/mol. The van der Waals surface area contributed by atoms with Crippen molar-refractivity contribution in [3.8, 4) is 11.3 Å². The van der Waals surface area contributed by atoms with Crippen molar-refractivity contribution in [2.24, 2.45) is 0 Å². The van der Waals surface area contributed by atoms with Crippen LogP contribution in [0.15, 0.2) is 48.8 Å². The third kappa shape index (κ3) is 5.17. The predicted octanol–water partition coefficient (Wildman–Crippen LogP) is 4.67. The number of amides is 2. The normalized spacial score (nSPS) is 11.2. The van der Waals surface area contributed by atoms with Crippen LogP contribution in [0.25, 0.3) is 11.3 Å². The van der Waals surface area contributed by atoms with Crippen molar-refractivity contribution in [3.05, 3.63) is 70.9 Å². The Bertz CT molecular complexity index is 1030. The van der Waals surface area contributed by atoms with Crippen LogP contribution in [0.2, 0.25) is 5.02 Å². The van der Waals surface area contributed by atoms with E-state index in [-0.39, 0.29) is 28.4 Å². The number of rotatable bonds is 4. The molecule has 150 valence electrons. The fourth-order valence-corrected chi connectivity index (χ4v) is 2.58. The molecule has 1 aromatic carbocycles. The molecule has 2 aromatic heterocycles. The maximum absolute atomic E-state index is 13.4. The summed E-state index contributed by atoms with van der Waals surface area (Å²) in [7, 11) is 0. The Kier molecular flexibility index (Phi) is 5.92. The van der Waals surface area contributed by atoms with Crippen molar-refractivity contribution in [2.75, 3.05) is 5.32 Å². The number of carbonyl (C=O) groups excluding carboxylic acids is 1. The topological polar surface area (TPSA) is 79.8 Å². The fourth-order valence-electron chi connectivity index (χ4n) is 2.40. The molecule has 0 aliphatic rings. The zero-order valence-electron chi connectivity index (χ0n) is 14.5. The second-order valence-corrected chi connectivity index (χ2v) is 6.18. The van der Waals surface area contributed by atoms with E-state index in [2.05, 4.69) is 25.8 Å². The number of hydrogen-bond donors (Lipinski definition) is 2. The van der Waals surface area contributed by atoms with Crippen LogP contribution in [0, 0.1) is 5.82 Å². The first-order chi connectivity index (χ1) is 13.7. The largest absolute Gasteiger partial charge is 0.433 e. The van der Waals surface area contributed by atoms with E-state index >= 15 is 0 Å². The number of alkyl halides is 3. The highest BCUT2D eigenvalue weighted by molar-refractivity contribution is 6.31. The van der Waals surface area contributed by atoms with Crippen LogP contribution in [0.1, 0.15) is 11.3 Å². The van der Waals surface area contributed by atoms with Gasteiger partial charge in [0.05, 0.1) is 28.8 Å². The Morgan fingerprint density at radius 1 is 1.10 bits per heavy atom. The molecule has 29 heavy (non-hydrogen) atoms. The zero-order valence-corrected chi connectivity index (χ0v) is 15.2. The van der Waals surface area contributed by atoms with Crippen molar-refractivity contribution >= 4 is 23.3 Å². The summed E-state index contributed by atoms with van der Waals surface area (Å²) in [5.41, 5.74) is -0.355. The van der Waals surface area contributed by atoms with Crippen LogP contribution in [-0.2, 0) is 12.7 Å². The highest BCUT2D eigenvalue weighted by Gasteiger charge is 2.33. The summed E-state index contributed by atoms with van der Waals surface area (Å²) in [5.74, 6) is -0.715. The molecule has 6 nitrogen and oxygen atoms in total. The summed E-state index contributed by atoms with van der Waals surface area (Å²) < 4.78 is 52.7. The fraction of sp³-hybridized carbons (Fsp3) is 0.111. The molecule has 0 spiro atoms. The maximum Gasteiger partial charge on any atom is 0.433 e. The van der Waals surface area contributed by atoms with Gasteiger partial charge >= 0.3 is 12.2 Å². The lowest BCUT2D eigenvalue weighted by Crippen LogP contribution is -2.28. The molecular formula is C18H12ClF4N5O. The number of hydrogen-bond acceptors (Lipinski definition) is 4. The van der Waals surface area contributed by atoms with Crippen LogP contribution in [0.5, 0.6) is 0 Å². The monoisotopic (exact) mass is 425 g/mol. The number of anilines is 1. The molecule has 3 rings (SSSR count). The molecule has 2 heterocycles. The molecule has 0 aliphatic heterocycles. The summed E-state index contributed by atoms with van der Waals surface area (Å²) >= 11 is 5.75. The Morgan fingerprint density at radius 3 is 2.55 bits per heavy atom. The number of urea groups is 1. The van der Waals surface area contributed by atoms with Gasteiger partial charge in [-0.05, 0) is 35.9 Å². The first kappa shape index (κ1) is 20.5. The standard InChI is InChI=1S/C18H12ClF4N5O/c19-13-7-10(1-3-14(13)20)16-11(2-4-15(28-16)18(21,22)23)8-24-17(29)27-12-5-6-25-26-9-12/h1-7,9H,8H2,(H2,24,25,27,29). The van der Waals surface area contributed by atoms with Crippen molar-refractivity contribution in [3.63, 3.8) is 0 Å². The first-order valence-electron chi connectivity index (χ1n) is 8.08. The van der Waals surface area contributed by atoms with E-state index in [9.17, 15) is 22.4 Å². The molecule has 2 N–H and O–H groups in total. The van der Waals surface area contributed by atoms with Crippen molar-refractivity contribution < 1.29 is 22.4 Å². The Balaban J connectivity index is 1.87. The predicted molar refractivity (Wildman–Crippen MR) is 97.5 cm³/mol. The Morgan fingerprint density at radius 2 is 1.90 bits per heavy atom. The molecule has 0 saturated carbocycles. The lowest BCUT2D eigenvalue weighted by Gasteiger charge is -2.14. The van der Waals surface area contributed by atoms with Crippen LogP contribution in [0.4, 0.5) is 28.0 Å². The second-order valence-electron chi connectivity index (χ2n) is 5.77. The highest BCUT2D eigenvalue weighted by atomic mass is 35.5. The van der Waals surface area contributed by atoms with Gasteiger partial charge in [0.25, 0.3) is 0 Å². The van der Waals surface area contributed by atoms with Gasteiger partial charge < -0.3 is 10.6 Å². The van der Waals surface area contributed by atoms with Crippen LogP contribution >= 0.6 is 11.6 Å². The van der Waals surface area contributed by atoms with Gasteiger partial charge in [0.15, 0.2) is 0 Å². The van der Waals surface area contributed by atoms with Gasteiger partial charge in [0.2, 0.25) is 0 Å². The minimum Gasteiger partial charge on any atom is -0.334 e. The zero-order chi connectivity index (χ0) is 21.0. The van der Waals surface area contributed by atoms with Gasteiger partial charge in [-0.2, -0.15) is 23.4 Å². The minimum absolute atomic E-state index is 0.0763. The van der Waals surface area contributed by atoms with E-state index in [0.717, 1.165) is 12.1 Å². The van der Waals surface area contributed by atoms with Gasteiger partial charge in [-0.1, -0.05) is 17.7 Å². The van der Waals surface area contributed by atoms with Gasteiger partial charge in [-0.15, -0.1) is 0 Å². The van der Waals surface area contributed by atoms with E-state index in [1.54, 1.807) is 0 Å². The number of halogens is 5. The Hall–Kier alpha value is -3.27. The van der Waals surface area contributed by atoms with Crippen LogP contribution in [0.3, 0.4) is 0 Å². The average Bonchev–Trinajstić information content (AvgIpc) is 2.68. The van der Waals surface area contributed by atoms with Gasteiger partial charge in [-0.3, -0.25) is 0 Å². The van der Waals surface area contributed by atoms with Crippen LogP contribution < -0.4 is 10.6 Å². The summed E-state index contributed by atoms with van der Waals surface area (Å²) in [5, 5.41) is 11.9. The highest BCUT2D eigenvalue weighted by Crippen LogP contribution is 2.32. The number of benzene rings is 1. The second kappa shape index (κ2) is 8.39. The van der Waals surface area contributed by atoms with Gasteiger partial charge in [-0.25, -0.2) is 14.2 Å². The molecule has 0 bridgehead atoms. The summed E-state index contributed by atoms with van der Waals surface area (Å²) in [4.78, 5) is 15.7. The number of nitrogens with zero attached hydrogens (tertiary/aromatic N) is 3. The van der Waals surface area contributed by atoms with E-state index < -0.39 is 23.7 Å². The quantitative estimate of drug-likeness (QED) is 0.595. The van der Waals surface area contributed by atoms with Crippen molar-refractivity contribution in [1.82, 2.24) is 20.5 Å². The SMILES string of the molecule is O=C(NCc1ccc(C(F)(F)F)nc1-c1ccc(F)c(Cl)c1)Nc1ccnnc1. The molecule has 0 unspecified atom stereocenters.